The molecule has 0 spiro atoms. The number of nitrogens with one attached hydrogen (secondary N) is 1. The third-order valence-corrected chi connectivity index (χ3v) is 2.67. The molecular weight excluding hydrogens is 239 g/mol. The molecule has 0 aliphatic rings. The zero-order chi connectivity index (χ0) is 12.0. The van der Waals surface area contributed by atoms with Crippen LogP contribution in [0.3, 0.4) is 0 Å². The second-order valence-corrected chi connectivity index (χ2v) is 4.08. The molecule has 1 rings (SSSR count). The van der Waals surface area contributed by atoms with Gasteiger partial charge in [0.15, 0.2) is 0 Å². The van der Waals surface area contributed by atoms with E-state index in [0.717, 1.165) is 4.90 Å². The Morgan fingerprint density at radius 3 is 2.44 bits per heavy atom. The highest BCUT2D eigenvalue weighted by molar-refractivity contribution is 7.99. The summed E-state index contributed by atoms with van der Waals surface area (Å²) in [5.74, 6) is -1.48. The number of hydrogen-bond acceptors (Lipinski definition) is 2. The number of halogens is 3. The Morgan fingerprint density at radius 2 is 1.88 bits per heavy atom. The minimum absolute atomic E-state index is 0.00208. The van der Waals surface area contributed by atoms with Crippen molar-refractivity contribution in [3.8, 4) is 0 Å². The van der Waals surface area contributed by atoms with E-state index in [4.69, 9.17) is 0 Å². The van der Waals surface area contributed by atoms with Crippen LogP contribution in [0.5, 0.6) is 0 Å². The molecule has 0 aromatic heterocycles. The fourth-order valence-electron chi connectivity index (χ4n) is 0.950. The van der Waals surface area contributed by atoms with E-state index >= 15 is 0 Å². The molecule has 1 amide bonds. The van der Waals surface area contributed by atoms with E-state index in [2.05, 4.69) is 0 Å². The Balaban J connectivity index is 2.20. The van der Waals surface area contributed by atoms with Gasteiger partial charge in [-0.15, -0.1) is 11.8 Å². The zero-order valence-electron chi connectivity index (χ0n) is 8.25. The van der Waals surface area contributed by atoms with Crippen LogP contribution in [0.4, 0.5) is 13.2 Å². The van der Waals surface area contributed by atoms with Crippen LogP contribution in [0.15, 0.2) is 35.2 Å². The van der Waals surface area contributed by atoms with Crippen molar-refractivity contribution >= 4 is 17.7 Å². The summed E-state index contributed by atoms with van der Waals surface area (Å²) in [6, 6.07) is 9.26. The number of benzene rings is 1. The van der Waals surface area contributed by atoms with Gasteiger partial charge in [-0.05, 0) is 12.1 Å². The van der Waals surface area contributed by atoms with Gasteiger partial charge < -0.3 is 5.32 Å². The molecule has 6 heteroatoms. The van der Waals surface area contributed by atoms with Crippen molar-refractivity contribution in [1.82, 2.24) is 5.32 Å². The van der Waals surface area contributed by atoms with Crippen LogP contribution in [0.2, 0.25) is 0 Å². The quantitative estimate of drug-likeness (QED) is 0.656. The molecule has 1 aromatic carbocycles. The molecule has 0 saturated heterocycles. The molecule has 2 nitrogen and oxygen atoms in total. The number of alkyl halides is 3. The molecule has 0 fully saturated rings. The summed E-state index contributed by atoms with van der Waals surface area (Å²) < 4.78 is 35.3. The van der Waals surface area contributed by atoms with Crippen LogP contribution in [-0.4, -0.2) is 24.4 Å². The molecule has 0 atom stereocenters. The highest BCUT2D eigenvalue weighted by Gasteiger charge is 2.38. The van der Waals surface area contributed by atoms with Crippen LogP contribution in [0.1, 0.15) is 0 Å². The minimum Gasteiger partial charge on any atom is -0.347 e. The normalized spacial score (nSPS) is 11.2. The fourth-order valence-corrected chi connectivity index (χ4v) is 1.74. The summed E-state index contributed by atoms with van der Waals surface area (Å²) in [6.45, 7) is -0.00208. The maximum Gasteiger partial charge on any atom is 0.471 e. The SMILES string of the molecule is O=C(NCCSc1ccccc1)C(F)(F)F. The van der Waals surface area contributed by atoms with Gasteiger partial charge in [-0.2, -0.15) is 13.2 Å². The summed E-state index contributed by atoms with van der Waals surface area (Å²) in [5.41, 5.74) is 0. The maximum absolute atomic E-state index is 11.8. The number of rotatable bonds is 4. The van der Waals surface area contributed by atoms with Crippen LogP contribution < -0.4 is 5.32 Å². The first-order chi connectivity index (χ1) is 7.50. The highest BCUT2D eigenvalue weighted by Crippen LogP contribution is 2.17. The van der Waals surface area contributed by atoms with Gasteiger partial charge in [0.2, 0.25) is 0 Å². The third-order valence-electron chi connectivity index (χ3n) is 1.66. The van der Waals surface area contributed by atoms with Crippen molar-refractivity contribution < 1.29 is 18.0 Å². The first-order valence-electron chi connectivity index (χ1n) is 4.53. The number of carbonyl (C=O) groups is 1. The van der Waals surface area contributed by atoms with Crippen LogP contribution >= 0.6 is 11.8 Å². The smallest absolute Gasteiger partial charge is 0.347 e. The molecule has 0 saturated carbocycles. The Kier molecular flexibility index (Phi) is 4.67. The second kappa shape index (κ2) is 5.79. The van der Waals surface area contributed by atoms with E-state index in [9.17, 15) is 18.0 Å². The standard InChI is InChI=1S/C10H10F3NOS/c11-10(12,13)9(15)14-6-7-16-8-4-2-1-3-5-8/h1-5H,6-7H2,(H,14,15). The van der Waals surface area contributed by atoms with Crippen molar-refractivity contribution in [3.63, 3.8) is 0 Å². The minimum atomic E-state index is -4.79. The lowest BCUT2D eigenvalue weighted by Crippen LogP contribution is -2.37. The van der Waals surface area contributed by atoms with E-state index in [1.54, 1.807) is 0 Å². The molecule has 1 N–H and O–H groups in total. The molecule has 0 unspecified atom stereocenters. The van der Waals surface area contributed by atoms with Gasteiger partial charge >= 0.3 is 12.1 Å². The van der Waals surface area contributed by atoms with Crippen LogP contribution in [-0.2, 0) is 4.79 Å². The lowest BCUT2D eigenvalue weighted by atomic mass is 10.4. The Hall–Kier alpha value is -1.17. The Labute approximate surface area is 95.2 Å². The summed E-state index contributed by atoms with van der Waals surface area (Å²) >= 11 is 1.39. The zero-order valence-corrected chi connectivity index (χ0v) is 9.07. The molecular formula is C10H10F3NOS. The third kappa shape index (κ3) is 4.57. The van der Waals surface area contributed by atoms with Crippen molar-refractivity contribution in [2.45, 2.75) is 11.1 Å². The number of carbonyl (C=O) groups excluding carboxylic acids is 1. The first-order valence-corrected chi connectivity index (χ1v) is 5.51. The summed E-state index contributed by atoms with van der Waals surface area (Å²) in [6.07, 6.45) is -4.79. The number of thioether (sulfide) groups is 1. The van der Waals surface area contributed by atoms with E-state index in [1.165, 1.54) is 11.8 Å². The molecule has 0 bridgehead atoms. The van der Waals surface area contributed by atoms with Gasteiger partial charge in [0.25, 0.3) is 0 Å². The van der Waals surface area contributed by atoms with E-state index < -0.39 is 12.1 Å². The number of hydrogen-bond donors (Lipinski definition) is 1. The van der Waals surface area contributed by atoms with E-state index in [-0.39, 0.29) is 6.54 Å². The molecule has 0 heterocycles. The average molecular weight is 249 g/mol. The predicted molar refractivity (Wildman–Crippen MR) is 56.2 cm³/mol. The van der Waals surface area contributed by atoms with Gasteiger partial charge in [-0.1, -0.05) is 18.2 Å². The topological polar surface area (TPSA) is 29.1 Å². The van der Waals surface area contributed by atoms with Gasteiger partial charge in [-0.25, -0.2) is 0 Å². The predicted octanol–water partition coefficient (Wildman–Crippen LogP) is 2.46. The maximum atomic E-state index is 11.8. The Morgan fingerprint density at radius 1 is 1.25 bits per heavy atom. The molecule has 1 aromatic rings. The average Bonchev–Trinajstić information content (AvgIpc) is 2.24. The van der Waals surface area contributed by atoms with Crippen LogP contribution in [0.25, 0.3) is 0 Å². The molecule has 16 heavy (non-hydrogen) atoms. The van der Waals surface area contributed by atoms with Gasteiger partial charge in [0.1, 0.15) is 0 Å². The van der Waals surface area contributed by atoms with Crippen molar-refractivity contribution in [1.29, 1.82) is 0 Å². The molecule has 88 valence electrons. The lowest BCUT2D eigenvalue weighted by Gasteiger charge is -2.07. The van der Waals surface area contributed by atoms with Crippen LogP contribution in [0, 0.1) is 0 Å². The van der Waals surface area contributed by atoms with Gasteiger partial charge in [0.05, 0.1) is 0 Å². The number of amides is 1. The van der Waals surface area contributed by atoms with Crippen molar-refractivity contribution in [2.24, 2.45) is 0 Å². The van der Waals surface area contributed by atoms with E-state index in [1.807, 2.05) is 35.6 Å². The highest BCUT2D eigenvalue weighted by atomic mass is 32.2. The van der Waals surface area contributed by atoms with Gasteiger partial charge in [0, 0.05) is 17.2 Å². The molecule has 0 radical (unpaired) electrons. The lowest BCUT2D eigenvalue weighted by molar-refractivity contribution is -0.173. The summed E-state index contributed by atoms with van der Waals surface area (Å²) in [5, 5.41) is 1.81. The monoisotopic (exact) mass is 249 g/mol. The molecule has 0 aliphatic heterocycles. The summed E-state index contributed by atoms with van der Waals surface area (Å²) in [4.78, 5) is 11.4. The van der Waals surface area contributed by atoms with E-state index in [0.29, 0.717) is 5.75 Å². The van der Waals surface area contributed by atoms with Gasteiger partial charge in [-0.3, -0.25) is 4.79 Å². The molecule has 0 aliphatic carbocycles. The summed E-state index contributed by atoms with van der Waals surface area (Å²) in [7, 11) is 0. The fraction of sp³-hybridized carbons (Fsp3) is 0.300. The first kappa shape index (κ1) is 12.9. The Bertz CT molecular complexity index is 340. The van der Waals surface area contributed by atoms with Crippen molar-refractivity contribution in [2.75, 3.05) is 12.3 Å². The largest absolute Gasteiger partial charge is 0.471 e. The van der Waals surface area contributed by atoms with Crippen molar-refractivity contribution in [3.05, 3.63) is 30.3 Å². The second-order valence-electron chi connectivity index (χ2n) is 2.92.